The molecule has 0 radical (unpaired) electrons. The van der Waals surface area contributed by atoms with E-state index in [1.165, 1.54) is 6.07 Å². The van der Waals surface area contributed by atoms with Gasteiger partial charge in [-0.1, -0.05) is 26.8 Å². The lowest BCUT2D eigenvalue weighted by Crippen LogP contribution is -2.37. The van der Waals surface area contributed by atoms with E-state index in [0.29, 0.717) is 12.1 Å². The summed E-state index contributed by atoms with van der Waals surface area (Å²) in [5.41, 5.74) is 0.336. The van der Waals surface area contributed by atoms with E-state index < -0.39 is 16.4 Å². The summed E-state index contributed by atoms with van der Waals surface area (Å²) in [7, 11) is 0. The lowest BCUT2D eigenvalue weighted by Gasteiger charge is -2.28. The topological polar surface area (TPSA) is 55.2 Å². The quantitative estimate of drug-likeness (QED) is 0.662. The van der Waals surface area contributed by atoms with E-state index in [-0.39, 0.29) is 11.5 Å². The Kier molecular flexibility index (Phi) is 4.40. The Morgan fingerprint density at radius 2 is 2.06 bits per heavy atom. The van der Waals surface area contributed by atoms with Crippen LogP contribution in [0.2, 0.25) is 0 Å². The number of halogens is 1. The molecule has 1 aromatic carbocycles. The number of rotatable bonds is 4. The Balaban J connectivity index is 2.75. The summed E-state index contributed by atoms with van der Waals surface area (Å²) in [6.07, 6.45) is 0. The van der Waals surface area contributed by atoms with E-state index in [9.17, 15) is 14.5 Å². The van der Waals surface area contributed by atoms with Gasteiger partial charge in [-0.3, -0.25) is 10.1 Å². The lowest BCUT2D eigenvalue weighted by molar-refractivity contribution is -0.387. The second-order valence-corrected chi connectivity index (χ2v) is 5.51. The zero-order chi connectivity index (χ0) is 13.9. The molecule has 0 amide bonds. The first-order valence-electron chi connectivity index (χ1n) is 5.88. The summed E-state index contributed by atoms with van der Waals surface area (Å²) < 4.78 is 13.1. The molecule has 0 saturated heterocycles. The molecule has 0 aromatic heterocycles. The van der Waals surface area contributed by atoms with Crippen LogP contribution in [-0.2, 0) is 6.54 Å². The summed E-state index contributed by atoms with van der Waals surface area (Å²) in [5.74, 6) is -0.799. The van der Waals surface area contributed by atoms with Crippen LogP contribution in [0.4, 0.5) is 10.1 Å². The van der Waals surface area contributed by atoms with Gasteiger partial charge in [-0.2, -0.15) is 4.39 Å². The van der Waals surface area contributed by atoms with Crippen LogP contribution in [0.25, 0.3) is 0 Å². The van der Waals surface area contributed by atoms with E-state index in [1.807, 2.05) is 0 Å². The normalized spacial score (nSPS) is 13.4. The Bertz CT molecular complexity index is 441. The molecule has 0 fully saturated rings. The van der Waals surface area contributed by atoms with E-state index >= 15 is 0 Å². The van der Waals surface area contributed by atoms with Crippen LogP contribution in [0, 0.1) is 21.3 Å². The van der Waals surface area contributed by atoms with E-state index in [2.05, 4.69) is 33.0 Å². The summed E-state index contributed by atoms with van der Waals surface area (Å²) in [6, 6.07) is 4.22. The molecule has 5 heteroatoms. The molecule has 1 N–H and O–H groups in total. The highest BCUT2D eigenvalue weighted by atomic mass is 19.1. The monoisotopic (exact) mass is 254 g/mol. The van der Waals surface area contributed by atoms with Gasteiger partial charge in [-0.25, -0.2) is 0 Å². The first-order chi connectivity index (χ1) is 8.21. The summed E-state index contributed by atoms with van der Waals surface area (Å²) in [5, 5.41) is 13.9. The molecular formula is C13H19FN2O2. The van der Waals surface area contributed by atoms with Crippen molar-refractivity contribution >= 4 is 5.69 Å². The number of benzene rings is 1. The Morgan fingerprint density at radius 1 is 1.44 bits per heavy atom. The maximum Gasteiger partial charge on any atom is 0.305 e. The fraction of sp³-hybridized carbons (Fsp3) is 0.538. The van der Waals surface area contributed by atoms with Gasteiger partial charge in [-0.05, 0) is 24.0 Å². The van der Waals surface area contributed by atoms with Crippen molar-refractivity contribution in [2.45, 2.75) is 40.3 Å². The summed E-state index contributed by atoms with van der Waals surface area (Å²) in [6.45, 7) is 8.87. The molecule has 0 bridgehead atoms. The van der Waals surface area contributed by atoms with Gasteiger partial charge in [0.05, 0.1) is 4.92 Å². The fourth-order valence-electron chi connectivity index (χ4n) is 1.39. The van der Waals surface area contributed by atoms with Crippen molar-refractivity contribution in [2.24, 2.45) is 5.41 Å². The van der Waals surface area contributed by atoms with Crippen LogP contribution in [0.5, 0.6) is 0 Å². The third-order valence-electron chi connectivity index (χ3n) is 3.12. The average molecular weight is 254 g/mol. The molecule has 0 aliphatic rings. The first-order valence-corrected chi connectivity index (χ1v) is 5.88. The molecule has 4 nitrogen and oxygen atoms in total. The standard InChI is InChI=1S/C13H19FN2O2/c1-9(13(2,3)4)15-8-10-5-6-11(14)12(7-10)16(17)18/h5-7,9,15H,8H2,1-4H3/t9-/m0/s1. The van der Waals surface area contributed by atoms with Crippen molar-refractivity contribution < 1.29 is 9.31 Å². The van der Waals surface area contributed by atoms with Gasteiger partial charge in [0.15, 0.2) is 0 Å². The highest BCUT2D eigenvalue weighted by Gasteiger charge is 2.20. The molecule has 0 saturated carbocycles. The number of nitro groups is 1. The molecule has 0 heterocycles. The second kappa shape index (κ2) is 5.44. The molecule has 100 valence electrons. The third-order valence-corrected chi connectivity index (χ3v) is 3.12. The zero-order valence-electron chi connectivity index (χ0n) is 11.2. The van der Waals surface area contributed by atoms with Crippen LogP contribution in [-0.4, -0.2) is 11.0 Å². The minimum atomic E-state index is -0.799. The Morgan fingerprint density at radius 3 is 2.56 bits per heavy atom. The van der Waals surface area contributed by atoms with E-state index in [1.54, 1.807) is 6.07 Å². The zero-order valence-corrected chi connectivity index (χ0v) is 11.2. The predicted octanol–water partition coefficient (Wildman–Crippen LogP) is 3.26. The second-order valence-electron chi connectivity index (χ2n) is 5.51. The molecule has 0 aliphatic heterocycles. The van der Waals surface area contributed by atoms with Crippen molar-refractivity contribution in [1.29, 1.82) is 0 Å². The van der Waals surface area contributed by atoms with Crippen LogP contribution < -0.4 is 5.32 Å². The number of nitro benzene ring substituents is 1. The Labute approximate surface area is 106 Å². The van der Waals surface area contributed by atoms with Crippen LogP contribution in [0.1, 0.15) is 33.3 Å². The van der Waals surface area contributed by atoms with Crippen molar-refractivity contribution in [3.8, 4) is 0 Å². The summed E-state index contributed by atoms with van der Waals surface area (Å²) >= 11 is 0. The van der Waals surface area contributed by atoms with Gasteiger partial charge in [0.1, 0.15) is 0 Å². The molecular weight excluding hydrogens is 235 g/mol. The molecule has 0 spiro atoms. The van der Waals surface area contributed by atoms with E-state index in [0.717, 1.165) is 6.07 Å². The van der Waals surface area contributed by atoms with Gasteiger partial charge < -0.3 is 5.32 Å². The summed E-state index contributed by atoms with van der Waals surface area (Å²) in [4.78, 5) is 9.91. The Hall–Kier alpha value is -1.49. The van der Waals surface area contributed by atoms with Gasteiger partial charge in [0.2, 0.25) is 5.82 Å². The minimum Gasteiger partial charge on any atom is -0.310 e. The predicted molar refractivity (Wildman–Crippen MR) is 68.8 cm³/mol. The maximum atomic E-state index is 13.1. The fourth-order valence-corrected chi connectivity index (χ4v) is 1.39. The molecule has 0 unspecified atom stereocenters. The maximum absolute atomic E-state index is 13.1. The van der Waals surface area contributed by atoms with E-state index in [4.69, 9.17) is 0 Å². The largest absolute Gasteiger partial charge is 0.310 e. The van der Waals surface area contributed by atoms with Gasteiger partial charge in [-0.15, -0.1) is 0 Å². The van der Waals surface area contributed by atoms with Crippen molar-refractivity contribution in [3.05, 3.63) is 39.7 Å². The molecule has 1 rings (SSSR count). The minimum absolute atomic E-state index is 0.103. The van der Waals surface area contributed by atoms with Gasteiger partial charge in [0.25, 0.3) is 0 Å². The average Bonchev–Trinajstić information content (AvgIpc) is 2.25. The van der Waals surface area contributed by atoms with Crippen molar-refractivity contribution in [3.63, 3.8) is 0 Å². The van der Waals surface area contributed by atoms with Crippen molar-refractivity contribution in [1.82, 2.24) is 5.32 Å². The number of nitrogens with one attached hydrogen (secondary N) is 1. The van der Waals surface area contributed by atoms with Gasteiger partial charge in [0, 0.05) is 18.7 Å². The first kappa shape index (κ1) is 14.6. The van der Waals surface area contributed by atoms with Crippen molar-refractivity contribution in [2.75, 3.05) is 0 Å². The molecule has 18 heavy (non-hydrogen) atoms. The van der Waals surface area contributed by atoms with Crippen LogP contribution in [0.15, 0.2) is 18.2 Å². The lowest BCUT2D eigenvalue weighted by atomic mass is 9.88. The smallest absolute Gasteiger partial charge is 0.305 e. The highest BCUT2D eigenvalue weighted by molar-refractivity contribution is 5.36. The third kappa shape index (κ3) is 3.77. The number of hydrogen-bond acceptors (Lipinski definition) is 3. The molecule has 0 aliphatic carbocycles. The van der Waals surface area contributed by atoms with Crippen LogP contribution >= 0.6 is 0 Å². The van der Waals surface area contributed by atoms with Crippen LogP contribution in [0.3, 0.4) is 0 Å². The number of nitrogens with zero attached hydrogens (tertiary/aromatic N) is 1. The SMILES string of the molecule is C[C@H](NCc1ccc(F)c([N+](=O)[O-])c1)C(C)(C)C. The van der Waals surface area contributed by atoms with Gasteiger partial charge >= 0.3 is 5.69 Å². The highest BCUT2D eigenvalue weighted by Crippen LogP contribution is 2.21. The molecule has 1 atom stereocenters. The number of hydrogen-bond donors (Lipinski definition) is 1. The molecule has 1 aromatic rings.